The van der Waals surface area contributed by atoms with Crippen molar-refractivity contribution < 1.29 is 9.53 Å². The lowest BCUT2D eigenvalue weighted by Gasteiger charge is -2.04. The first-order chi connectivity index (χ1) is 11.0. The van der Waals surface area contributed by atoms with Gasteiger partial charge in [-0.15, -0.1) is 11.3 Å². The summed E-state index contributed by atoms with van der Waals surface area (Å²) in [7, 11) is 0. The fourth-order valence-electron chi connectivity index (χ4n) is 2.29. The van der Waals surface area contributed by atoms with E-state index in [1.54, 1.807) is 37.5 Å². The number of aromatic nitrogens is 1. The summed E-state index contributed by atoms with van der Waals surface area (Å²) in [6.07, 6.45) is 3.34. The van der Waals surface area contributed by atoms with E-state index in [-0.39, 0.29) is 0 Å². The number of hydrogen-bond donors (Lipinski definition) is 1. The standard InChI is InChI=1S/C16H12Cl2N2O2S/c1-2-22-16(21)15-13(19)12-7-20-6-11(14(12)23-15)8-3-9(17)5-10(18)4-8/h3-7H,2,19H2,1H3. The number of esters is 1. The molecule has 3 aromatic rings. The van der Waals surface area contributed by atoms with Gasteiger partial charge in [-0.3, -0.25) is 4.98 Å². The quantitative estimate of drug-likeness (QED) is 0.660. The van der Waals surface area contributed by atoms with Crippen molar-refractivity contribution in [2.24, 2.45) is 0 Å². The smallest absolute Gasteiger partial charge is 0.350 e. The molecule has 2 heterocycles. The van der Waals surface area contributed by atoms with Gasteiger partial charge in [0.2, 0.25) is 0 Å². The Balaban J connectivity index is 2.23. The molecule has 0 atom stereocenters. The van der Waals surface area contributed by atoms with Crippen molar-refractivity contribution in [1.82, 2.24) is 4.98 Å². The molecule has 0 radical (unpaired) electrons. The summed E-state index contributed by atoms with van der Waals surface area (Å²) in [6, 6.07) is 5.25. The zero-order chi connectivity index (χ0) is 16.6. The largest absolute Gasteiger partial charge is 0.462 e. The third-order valence-corrected chi connectivity index (χ3v) is 4.94. The summed E-state index contributed by atoms with van der Waals surface area (Å²) in [6.45, 7) is 2.05. The second-order valence-electron chi connectivity index (χ2n) is 4.79. The van der Waals surface area contributed by atoms with Crippen molar-refractivity contribution in [3.05, 3.63) is 45.5 Å². The topological polar surface area (TPSA) is 65.2 Å². The van der Waals surface area contributed by atoms with Gasteiger partial charge in [0.15, 0.2) is 0 Å². The van der Waals surface area contributed by atoms with Gasteiger partial charge in [0.25, 0.3) is 0 Å². The lowest BCUT2D eigenvalue weighted by Crippen LogP contribution is -2.04. The lowest BCUT2D eigenvalue weighted by molar-refractivity contribution is 0.0533. The van der Waals surface area contributed by atoms with Crippen LogP contribution >= 0.6 is 34.5 Å². The van der Waals surface area contributed by atoms with Crippen LogP contribution in [-0.4, -0.2) is 17.6 Å². The summed E-state index contributed by atoms with van der Waals surface area (Å²) in [5.41, 5.74) is 8.11. The summed E-state index contributed by atoms with van der Waals surface area (Å²) in [5.74, 6) is -0.429. The van der Waals surface area contributed by atoms with Crippen molar-refractivity contribution in [2.45, 2.75) is 6.92 Å². The van der Waals surface area contributed by atoms with Crippen LogP contribution in [0.25, 0.3) is 21.2 Å². The van der Waals surface area contributed by atoms with Gasteiger partial charge in [0, 0.05) is 38.1 Å². The Morgan fingerprint density at radius 2 is 1.96 bits per heavy atom. The molecular weight excluding hydrogens is 355 g/mol. The van der Waals surface area contributed by atoms with Crippen LogP contribution in [0, 0.1) is 0 Å². The predicted molar refractivity (Wildman–Crippen MR) is 95.4 cm³/mol. The van der Waals surface area contributed by atoms with Gasteiger partial charge in [0.05, 0.1) is 12.3 Å². The van der Waals surface area contributed by atoms with E-state index in [4.69, 9.17) is 33.7 Å². The molecule has 0 saturated heterocycles. The SMILES string of the molecule is CCOC(=O)c1sc2c(-c3cc(Cl)cc(Cl)c3)cncc2c1N. The van der Waals surface area contributed by atoms with E-state index in [1.807, 2.05) is 0 Å². The van der Waals surface area contributed by atoms with E-state index in [0.29, 0.717) is 32.6 Å². The van der Waals surface area contributed by atoms with Crippen LogP contribution in [-0.2, 0) is 4.74 Å². The molecule has 2 aromatic heterocycles. The fraction of sp³-hybridized carbons (Fsp3) is 0.125. The summed E-state index contributed by atoms with van der Waals surface area (Å²) in [4.78, 5) is 16.6. The van der Waals surface area contributed by atoms with E-state index >= 15 is 0 Å². The number of thiophene rings is 1. The number of benzene rings is 1. The number of carbonyl (C=O) groups excluding carboxylic acids is 1. The highest BCUT2D eigenvalue weighted by atomic mass is 35.5. The molecule has 23 heavy (non-hydrogen) atoms. The number of carbonyl (C=O) groups is 1. The highest BCUT2D eigenvalue weighted by Gasteiger charge is 2.20. The second kappa shape index (κ2) is 6.35. The molecule has 7 heteroatoms. The Bertz CT molecular complexity index is 888. The van der Waals surface area contributed by atoms with Gasteiger partial charge >= 0.3 is 5.97 Å². The van der Waals surface area contributed by atoms with Crippen LogP contribution in [0.1, 0.15) is 16.6 Å². The monoisotopic (exact) mass is 366 g/mol. The first kappa shape index (κ1) is 16.1. The Hall–Kier alpha value is -1.82. The molecule has 0 saturated carbocycles. The highest BCUT2D eigenvalue weighted by Crippen LogP contribution is 2.40. The summed E-state index contributed by atoms with van der Waals surface area (Å²) < 4.78 is 5.90. The Labute approximate surface area is 146 Å². The van der Waals surface area contributed by atoms with Crippen LogP contribution in [0.3, 0.4) is 0 Å². The molecule has 0 aliphatic rings. The number of fused-ring (bicyclic) bond motifs is 1. The van der Waals surface area contributed by atoms with Gasteiger partial charge in [-0.1, -0.05) is 23.2 Å². The second-order valence-corrected chi connectivity index (χ2v) is 6.68. The number of halogens is 2. The van der Waals surface area contributed by atoms with Gasteiger partial charge < -0.3 is 10.5 Å². The predicted octanol–water partition coefficient (Wildman–Crippen LogP) is 5.03. The number of nitrogen functional groups attached to an aromatic ring is 1. The molecule has 0 unspecified atom stereocenters. The maximum absolute atomic E-state index is 12.0. The lowest BCUT2D eigenvalue weighted by atomic mass is 10.1. The van der Waals surface area contributed by atoms with E-state index in [9.17, 15) is 4.79 Å². The Morgan fingerprint density at radius 1 is 1.26 bits per heavy atom. The van der Waals surface area contributed by atoms with Crippen LogP contribution < -0.4 is 5.73 Å². The van der Waals surface area contributed by atoms with Gasteiger partial charge in [-0.05, 0) is 30.7 Å². The van der Waals surface area contributed by atoms with E-state index in [2.05, 4.69) is 4.98 Å². The third kappa shape index (κ3) is 3.00. The maximum Gasteiger partial charge on any atom is 0.350 e. The average Bonchev–Trinajstić information content (AvgIpc) is 2.84. The summed E-state index contributed by atoms with van der Waals surface area (Å²) >= 11 is 13.4. The third-order valence-electron chi connectivity index (χ3n) is 3.27. The number of hydrogen-bond acceptors (Lipinski definition) is 5. The fourth-order valence-corrected chi connectivity index (χ4v) is 3.94. The first-order valence-corrected chi connectivity index (χ1v) is 8.38. The average molecular weight is 367 g/mol. The minimum atomic E-state index is -0.429. The molecule has 1 aromatic carbocycles. The normalized spacial score (nSPS) is 10.9. The molecule has 0 amide bonds. The van der Waals surface area contributed by atoms with Crippen molar-refractivity contribution in [3.63, 3.8) is 0 Å². The molecule has 2 N–H and O–H groups in total. The number of rotatable bonds is 3. The zero-order valence-corrected chi connectivity index (χ0v) is 14.4. The highest BCUT2D eigenvalue weighted by molar-refractivity contribution is 7.22. The van der Waals surface area contributed by atoms with Crippen LogP contribution in [0.15, 0.2) is 30.6 Å². The van der Waals surface area contributed by atoms with Gasteiger partial charge in [-0.25, -0.2) is 4.79 Å². The summed E-state index contributed by atoms with van der Waals surface area (Å²) in [5, 5.41) is 1.77. The van der Waals surface area contributed by atoms with Gasteiger partial charge in [-0.2, -0.15) is 0 Å². The molecule has 0 aliphatic carbocycles. The number of anilines is 1. The number of ether oxygens (including phenoxy) is 1. The number of nitrogens with zero attached hydrogens (tertiary/aromatic N) is 1. The first-order valence-electron chi connectivity index (χ1n) is 6.80. The minimum Gasteiger partial charge on any atom is -0.462 e. The Morgan fingerprint density at radius 3 is 2.61 bits per heavy atom. The molecule has 0 spiro atoms. The van der Waals surface area contributed by atoms with Crippen LogP contribution in [0.4, 0.5) is 5.69 Å². The number of pyridine rings is 1. The molecule has 118 valence electrons. The molecule has 4 nitrogen and oxygen atoms in total. The van der Waals surface area contributed by atoms with Crippen molar-refractivity contribution in [3.8, 4) is 11.1 Å². The van der Waals surface area contributed by atoms with Crippen molar-refractivity contribution in [2.75, 3.05) is 12.3 Å². The molecule has 3 rings (SSSR count). The zero-order valence-electron chi connectivity index (χ0n) is 12.1. The van der Waals surface area contributed by atoms with E-state index in [1.165, 1.54) is 11.3 Å². The van der Waals surface area contributed by atoms with Crippen molar-refractivity contribution in [1.29, 1.82) is 0 Å². The van der Waals surface area contributed by atoms with E-state index in [0.717, 1.165) is 15.8 Å². The Kier molecular flexibility index (Phi) is 4.43. The van der Waals surface area contributed by atoms with Gasteiger partial charge in [0.1, 0.15) is 4.88 Å². The molecule has 0 bridgehead atoms. The minimum absolute atomic E-state index is 0.293. The van der Waals surface area contributed by atoms with Crippen molar-refractivity contribution >= 4 is 56.3 Å². The molecular formula is C16H12Cl2N2O2S. The number of nitrogens with two attached hydrogens (primary N) is 1. The molecule has 0 aliphatic heterocycles. The molecule has 0 fully saturated rings. The van der Waals surface area contributed by atoms with E-state index < -0.39 is 5.97 Å². The maximum atomic E-state index is 12.0. The van der Waals surface area contributed by atoms with Crippen LogP contribution in [0.5, 0.6) is 0 Å². The van der Waals surface area contributed by atoms with Crippen LogP contribution in [0.2, 0.25) is 10.0 Å².